The first-order valence-corrected chi connectivity index (χ1v) is 4.88. The van der Waals surface area contributed by atoms with Gasteiger partial charge in [0.2, 0.25) is 0 Å². The average Bonchev–Trinajstić information content (AvgIpc) is 2.61. The normalized spacial score (nSPS) is 13.2. The summed E-state index contributed by atoms with van der Waals surface area (Å²) in [5.74, 6) is 1.51. The van der Waals surface area contributed by atoms with Crippen molar-refractivity contribution < 1.29 is 0 Å². The highest BCUT2D eigenvalue weighted by atomic mass is 15.3. The smallest absolute Gasteiger partial charge is 0.136 e. The maximum absolute atomic E-state index is 4.11. The number of nitrogens with zero attached hydrogens (tertiary/aromatic N) is 3. The molecule has 4 nitrogen and oxygen atoms in total. The molecule has 1 N–H and O–H groups in total. The number of hydrogen-bond donors (Lipinski definition) is 1. The topological polar surface area (TPSA) is 42.7 Å². The van der Waals surface area contributed by atoms with Gasteiger partial charge in [-0.25, -0.2) is 0 Å². The summed E-state index contributed by atoms with van der Waals surface area (Å²) in [6, 6.07) is 0. The molecule has 1 aromatic heterocycles. The fraction of sp³-hybridized carbons (Fsp3) is 0.778. The SMILES string of the molecule is CCNCC(C)c1nncn1CC. The lowest BCUT2D eigenvalue weighted by Crippen LogP contribution is -2.21. The zero-order chi connectivity index (χ0) is 9.68. The van der Waals surface area contributed by atoms with Gasteiger partial charge in [-0.2, -0.15) is 0 Å². The zero-order valence-electron chi connectivity index (χ0n) is 8.62. The van der Waals surface area contributed by atoms with Gasteiger partial charge >= 0.3 is 0 Å². The van der Waals surface area contributed by atoms with Crippen LogP contribution in [0.25, 0.3) is 0 Å². The second-order valence-corrected chi connectivity index (χ2v) is 3.18. The second-order valence-electron chi connectivity index (χ2n) is 3.18. The Balaban J connectivity index is 2.59. The van der Waals surface area contributed by atoms with Gasteiger partial charge in [0.25, 0.3) is 0 Å². The van der Waals surface area contributed by atoms with Crippen LogP contribution < -0.4 is 5.32 Å². The van der Waals surface area contributed by atoms with Crippen molar-refractivity contribution in [3.05, 3.63) is 12.2 Å². The second kappa shape index (κ2) is 4.97. The van der Waals surface area contributed by atoms with Gasteiger partial charge in [-0.1, -0.05) is 13.8 Å². The summed E-state index contributed by atoms with van der Waals surface area (Å²) in [4.78, 5) is 0. The van der Waals surface area contributed by atoms with E-state index in [1.807, 2.05) is 0 Å². The fourth-order valence-corrected chi connectivity index (χ4v) is 1.34. The molecular formula is C9H18N4. The highest BCUT2D eigenvalue weighted by Crippen LogP contribution is 2.10. The molecule has 0 aliphatic carbocycles. The molecular weight excluding hydrogens is 164 g/mol. The number of rotatable bonds is 5. The molecule has 1 rings (SSSR count). The minimum atomic E-state index is 0.433. The van der Waals surface area contributed by atoms with E-state index in [4.69, 9.17) is 0 Å². The van der Waals surface area contributed by atoms with Gasteiger partial charge in [-0.15, -0.1) is 10.2 Å². The Kier molecular flexibility index (Phi) is 3.89. The summed E-state index contributed by atoms with van der Waals surface area (Å²) in [6.07, 6.45) is 1.79. The first-order chi connectivity index (χ1) is 6.29. The summed E-state index contributed by atoms with van der Waals surface area (Å²) >= 11 is 0. The molecule has 0 aliphatic rings. The number of aryl methyl sites for hydroxylation is 1. The molecule has 0 spiro atoms. The third kappa shape index (κ3) is 2.52. The van der Waals surface area contributed by atoms with Crippen LogP contribution in [0.15, 0.2) is 6.33 Å². The molecule has 1 atom stereocenters. The predicted molar refractivity (Wildman–Crippen MR) is 52.7 cm³/mol. The molecule has 1 aromatic rings. The molecule has 74 valence electrons. The molecule has 0 saturated heterocycles. The standard InChI is InChI=1S/C9H18N4/c1-4-10-6-8(3)9-12-11-7-13(9)5-2/h7-8,10H,4-6H2,1-3H3. The molecule has 4 heteroatoms. The summed E-state index contributed by atoms with van der Waals surface area (Å²) in [5.41, 5.74) is 0. The predicted octanol–water partition coefficient (Wildman–Crippen LogP) is 1.01. The molecule has 0 aliphatic heterocycles. The quantitative estimate of drug-likeness (QED) is 0.739. The van der Waals surface area contributed by atoms with Crippen LogP contribution in [-0.4, -0.2) is 27.9 Å². The first kappa shape index (κ1) is 10.2. The number of aromatic nitrogens is 3. The van der Waals surface area contributed by atoms with Gasteiger partial charge in [0.15, 0.2) is 0 Å². The Bertz CT molecular complexity index is 244. The van der Waals surface area contributed by atoms with Crippen molar-refractivity contribution in [3.8, 4) is 0 Å². The van der Waals surface area contributed by atoms with E-state index in [9.17, 15) is 0 Å². The third-order valence-electron chi connectivity index (χ3n) is 2.13. The molecule has 0 bridgehead atoms. The summed E-state index contributed by atoms with van der Waals surface area (Å²) in [7, 11) is 0. The van der Waals surface area contributed by atoms with Crippen LogP contribution in [-0.2, 0) is 6.54 Å². The van der Waals surface area contributed by atoms with Gasteiger partial charge in [0.05, 0.1) is 0 Å². The Labute approximate surface area is 79.4 Å². The van der Waals surface area contributed by atoms with Gasteiger partial charge in [-0.05, 0) is 13.5 Å². The molecule has 1 unspecified atom stereocenters. The molecule has 0 aromatic carbocycles. The highest BCUT2D eigenvalue weighted by molar-refractivity contribution is 4.95. The minimum absolute atomic E-state index is 0.433. The highest BCUT2D eigenvalue weighted by Gasteiger charge is 2.10. The van der Waals surface area contributed by atoms with Gasteiger partial charge in [-0.3, -0.25) is 0 Å². The van der Waals surface area contributed by atoms with Crippen LogP contribution in [0.1, 0.15) is 32.5 Å². The molecule has 0 fully saturated rings. The minimum Gasteiger partial charge on any atom is -0.318 e. The Morgan fingerprint density at radius 2 is 2.31 bits per heavy atom. The number of hydrogen-bond acceptors (Lipinski definition) is 3. The van der Waals surface area contributed by atoms with Crippen LogP contribution in [0.5, 0.6) is 0 Å². The van der Waals surface area contributed by atoms with Crippen LogP contribution in [0, 0.1) is 0 Å². The van der Waals surface area contributed by atoms with Crippen molar-refractivity contribution in [2.75, 3.05) is 13.1 Å². The summed E-state index contributed by atoms with van der Waals surface area (Å²) in [5, 5.41) is 11.3. The van der Waals surface area contributed by atoms with E-state index in [2.05, 4.69) is 40.9 Å². The largest absolute Gasteiger partial charge is 0.318 e. The average molecular weight is 182 g/mol. The van der Waals surface area contributed by atoms with E-state index in [0.717, 1.165) is 25.5 Å². The number of likely N-dealkylation sites (N-methyl/N-ethyl adjacent to an activating group) is 1. The van der Waals surface area contributed by atoms with Crippen molar-refractivity contribution in [3.63, 3.8) is 0 Å². The van der Waals surface area contributed by atoms with Gasteiger partial charge in [0.1, 0.15) is 12.2 Å². The number of nitrogens with one attached hydrogen (secondary N) is 1. The maximum atomic E-state index is 4.11. The van der Waals surface area contributed by atoms with Crippen LogP contribution in [0.3, 0.4) is 0 Å². The monoisotopic (exact) mass is 182 g/mol. The Morgan fingerprint density at radius 1 is 1.54 bits per heavy atom. The van der Waals surface area contributed by atoms with E-state index < -0.39 is 0 Å². The lowest BCUT2D eigenvalue weighted by atomic mass is 10.1. The molecule has 13 heavy (non-hydrogen) atoms. The van der Waals surface area contributed by atoms with E-state index in [-0.39, 0.29) is 0 Å². The van der Waals surface area contributed by atoms with Crippen molar-refractivity contribution >= 4 is 0 Å². The summed E-state index contributed by atoms with van der Waals surface area (Å²) < 4.78 is 2.09. The zero-order valence-corrected chi connectivity index (χ0v) is 8.62. The van der Waals surface area contributed by atoms with Crippen LogP contribution in [0.2, 0.25) is 0 Å². The lowest BCUT2D eigenvalue weighted by Gasteiger charge is -2.11. The van der Waals surface area contributed by atoms with E-state index in [0.29, 0.717) is 5.92 Å². The Morgan fingerprint density at radius 3 is 2.92 bits per heavy atom. The van der Waals surface area contributed by atoms with Crippen molar-refractivity contribution in [2.45, 2.75) is 33.2 Å². The van der Waals surface area contributed by atoms with Crippen LogP contribution >= 0.6 is 0 Å². The van der Waals surface area contributed by atoms with E-state index >= 15 is 0 Å². The maximum Gasteiger partial charge on any atom is 0.136 e. The van der Waals surface area contributed by atoms with Crippen molar-refractivity contribution in [1.82, 2.24) is 20.1 Å². The molecule has 0 saturated carbocycles. The summed E-state index contributed by atoms with van der Waals surface area (Å²) in [6.45, 7) is 9.29. The molecule has 1 heterocycles. The van der Waals surface area contributed by atoms with Crippen molar-refractivity contribution in [2.24, 2.45) is 0 Å². The first-order valence-electron chi connectivity index (χ1n) is 4.88. The fourth-order valence-electron chi connectivity index (χ4n) is 1.34. The van der Waals surface area contributed by atoms with Crippen molar-refractivity contribution in [1.29, 1.82) is 0 Å². The van der Waals surface area contributed by atoms with E-state index in [1.165, 1.54) is 0 Å². The van der Waals surface area contributed by atoms with Crippen LogP contribution in [0.4, 0.5) is 0 Å². The third-order valence-corrected chi connectivity index (χ3v) is 2.13. The Hall–Kier alpha value is -0.900. The van der Waals surface area contributed by atoms with E-state index in [1.54, 1.807) is 6.33 Å². The molecule has 0 radical (unpaired) electrons. The molecule has 0 amide bonds. The van der Waals surface area contributed by atoms with Gasteiger partial charge in [0, 0.05) is 19.0 Å². The van der Waals surface area contributed by atoms with Gasteiger partial charge < -0.3 is 9.88 Å². The lowest BCUT2D eigenvalue weighted by molar-refractivity contribution is 0.571.